The normalized spacial score (nSPS) is 11.0. The standard InChI is InChI=1S/C19H24Cl2N2O2/c1-23(2)10-9-22-12-14-5-4-6-18(24-3)19(14)25-13-15-7-8-16(20)11-17(15)21/h4-8,11,22H,9-10,12-13H2,1-3H3. The number of likely N-dealkylation sites (N-methyl/N-ethyl adjacent to an activating group) is 1. The molecule has 0 fully saturated rings. The quantitative estimate of drug-likeness (QED) is 0.657. The molecule has 0 unspecified atom stereocenters. The molecular weight excluding hydrogens is 359 g/mol. The number of hydrogen-bond donors (Lipinski definition) is 1. The number of nitrogens with one attached hydrogen (secondary N) is 1. The fraction of sp³-hybridized carbons (Fsp3) is 0.368. The fourth-order valence-electron chi connectivity index (χ4n) is 2.34. The lowest BCUT2D eigenvalue weighted by Crippen LogP contribution is -2.26. The molecule has 0 aliphatic carbocycles. The second-order valence-corrected chi connectivity index (χ2v) is 6.80. The molecule has 0 amide bonds. The summed E-state index contributed by atoms with van der Waals surface area (Å²) in [7, 11) is 5.75. The highest BCUT2D eigenvalue weighted by atomic mass is 35.5. The first-order chi connectivity index (χ1) is 12.0. The maximum atomic E-state index is 6.23. The molecule has 2 rings (SSSR count). The Morgan fingerprint density at radius 3 is 2.56 bits per heavy atom. The van der Waals surface area contributed by atoms with Gasteiger partial charge in [0, 0.05) is 40.8 Å². The molecule has 4 nitrogen and oxygen atoms in total. The van der Waals surface area contributed by atoms with E-state index in [1.54, 1.807) is 19.2 Å². The molecule has 6 heteroatoms. The van der Waals surface area contributed by atoms with Gasteiger partial charge in [0.2, 0.25) is 0 Å². The van der Waals surface area contributed by atoms with E-state index < -0.39 is 0 Å². The molecule has 0 aliphatic heterocycles. The Kier molecular flexibility index (Phi) is 7.85. The summed E-state index contributed by atoms with van der Waals surface area (Å²) in [5.41, 5.74) is 1.92. The molecule has 0 aliphatic rings. The number of benzene rings is 2. The lowest BCUT2D eigenvalue weighted by atomic mass is 10.1. The van der Waals surface area contributed by atoms with E-state index in [0.29, 0.717) is 28.9 Å². The van der Waals surface area contributed by atoms with Crippen LogP contribution in [0.4, 0.5) is 0 Å². The molecule has 0 aromatic heterocycles. The average molecular weight is 383 g/mol. The Balaban J connectivity index is 2.09. The maximum Gasteiger partial charge on any atom is 0.166 e. The van der Waals surface area contributed by atoms with Crippen molar-refractivity contribution < 1.29 is 9.47 Å². The van der Waals surface area contributed by atoms with Gasteiger partial charge in [0.1, 0.15) is 6.61 Å². The minimum Gasteiger partial charge on any atom is -0.493 e. The molecule has 0 saturated heterocycles. The summed E-state index contributed by atoms with van der Waals surface area (Å²) in [6.45, 7) is 2.92. The van der Waals surface area contributed by atoms with Crippen molar-refractivity contribution in [2.24, 2.45) is 0 Å². The van der Waals surface area contributed by atoms with Crippen molar-refractivity contribution >= 4 is 23.2 Å². The van der Waals surface area contributed by atoms with E-state index in [1.165, 1.54) is 0 Å². The third kappa shape index (κ3) is 6.08. The Hall–Kier alpha value is -1.46. The number of halogens is 2. The van der Waals surface area contributed by atoms with Crippen LogP contribution in [0.15, 0.2) is 36.4 Å². The van der Waals surface area contributed by atoms with E-state index in [9.17, 15) is 0 Å². The smallest absolute Gasteiger partial charge is 0.166 e. The van der Waals surface area contributed by atoms with Crippen LogP contribution in [-0.4, -0.2) is 39.2 Å². The SMILES string of the molecule is COc1cccc(CNCCN(C)C)c1OCc1ccc(Cl)cc1Cl. The number of rotatable bonds is 9. The summed E-state index contributed by atoms with van der Waals surface area (Å²) in [6, 6.07) is 11.3. The van der Waals surface area contributed by atoms with Crippen molar-refractivity contribution in [2.45, 2.75) is 13.2 Å². The third-order valence-corrected chi connectivity index (χ3v) is 4.31. The van der Waals surface area contributed by atoms with Crippen LogP contribution in [0.1, 0.15) is 11.1 Å². The molecule has 1 N–H and O–H groups in total. The maximum absolute atomic E-state index is 6.23. The van der Waals surface area contributed by atoms with E-state index >= 15 is 0 Å². The highest BCUT2D eigenvalue weighted by Crippen LogP contribution is 2.32. The largest absolute Gasteiger partial charge is 0.493 e. The van der Waals surface area contributed by atoms with Gasteiger partial charge < -0.3 is 19.7 Å². The second-order valence-electron chi connectivity index (χ2n) is 5.95. The van der Waals surface area contributed by atoms with Crippen LogP contribution in [0.25, 0.3) is 0 Å². The van der Waals surface area contributed by atoms with Gasteiger partial charge in [0.05, 0.1) is 7.11 Å². The minimum absolute atomic E-state index is 0.348. The van der Waals surface area contributed by atoms with Crippen LogP contribution in [0, 0.1) is 0 Å². The van der Waals surface area contributed by atoms with E-state index in [1.807, 2.05) is 24.3 Å². The zero-order chi connectivity index (χ0) is 18.2. The van der Waals surface area contributed by atoms with Crippen LogP contribution < -0.4 is 14.8 Å². The number of hydrogen-bond acceptors (Lipinski definition) is 4. The van der Waals surface area contributed by atoms with Crippen molar-refractivity contribution in [1.82, 2.24) is 10.2 Å². The summed E-state index contributed by atoms with van der Waals surface area (Å²) in [6.07, 6.45) is 0. The van der Waals surface area contributed by atoms with Crippen LogP contribution in [0.3, 0.4) is 0 Å². The minimum atomic E-state index is 0.348. The molecule has 0 radical (unpaired) electrons. The summed E-state index contributed by atoms with van der Waals surface area (Å²) >= 11 is 12.2. The molecule has 136 valence electrons. The fourth-order valence-corrected chi connectivity index (χ4v) is 2.80. The Bertz CT molecular complexity index is 693. The number of nitrogens with zero attached hydrogens (tertiary/aromatic N) is 1. The van der Waals surface area contributed by atoms with Crippen molar-refractivity contribution in [1.29, 1.82) is 0 Å². The monoisotopic (exact) mass is 382 g/mol. The number of ether oxygens (including phenoxy) is 2. The summed E-state index contributed by atoms with van der Waals surface area (Å²) < 4.78 is 11.5. The van der Waals surface area contributed by atoms with Gasteiger partial charge in [-0.1, -0.05) is 41.4 Å². The summed E-state index contributed by atoms with van der Waals surface area (Å²) in [5.74, 6) is 1.44. The molecule has 0 atom stereocenters. The number of para-hydroxylation sites is 1. The molecule has 0 heterocycles. The Morgan fingerprint density at radius 2 is 1.88 bits per heavy atom. The first-order valence-corrected chi connectivity index (χ1v) is 8.85. The summed E-state index contributed by atoms with van der Waals surface area (Å²) in [5, 5.41) is 4.62. The molecule has 25 heavy (non-hydrogen) atoms. The predicted molar refractivity (Wildman–Crippen MR) is 104 cm³/mol. The zero-order valence-corrected chi connectivity index (χ0v) is 16.3. The molecular formula is C19H24Cl2N2O2. The lowest BCUT2D eigenvalue weighted by Gasteiger charge is -2.17. The second kappa shape index (κ2) is 9.88. The molecule has 0 bridgehead atoms. The van der Waals surface area contributed by atoms with Gasteiger partial charge in [-0.05, 0) is 32.3 Å². The first kappa shape index (κ1) is 19.9. The van der Waals surface area contributed by atoms with Gasteiger partial charge in [-0.25, -0.2) is 0 Å². The van der Waals surface area contributed by atoms with Crippen LogP contribution >= 0.6 is 23.2 Å². The van der Waals surface area contributed by atoms with Gasteiger partial charge >= 0.3 is 0 Å². The first-order valence-electron chi connectivity index (χ1n) is 8.09. The molecule has 2 aromatic carbocycles. The zero-order valence-electron chi connectivity index (χ0n) is 14.8. The van der Waals surface area contributed by atoms with Crippen molar-refractivity contribution in [3.05, 3.63) is 57.6 Å². The van der Waals surface area contributed by atoms with E-state index in [4.69, 9.17) is 32.7 Å². The lowest BCUT2D eigenvalue weighted by molar-refractivity contribution is 0.280. The van der Waals surface area contributed by atoms with Crippen molar-refractivity contribution in [3.8, 4) is 11.5 Å². The van der Waals surface area contributed by atoms with Gasteiger partial charge in [0.15, 0.2) is 11.5 Å². The predicted octanol–water partition coefficient (Wildman–Crippen LogP) is 4.23. The van der Waals surface area contributed by atoms with Crippen LogP contribution in [-0.2, 0) is 13.2 Å². The van der Waals surface area contributed by atoms with Crippen LogP contribution in [0.5, 0.6) is 11.5 Å². The van der Waals surface area contributed by atoms with Gasteiger partial charge in [-0.15, -0.1) is 0 Å². The number of methoxy groups -OCH3 is 1. The van der Waals surface area contributed by atoms with Crippen molar-refractivity contribution in [3.63, 3.8) is 0 Å². The van der Waals surface area contributed by atoms with E-state index in [0.717, 1.165) is 30.0 Å². The van der Waals surface area contributed by atoms with Gasteiger partial charge in [0.25, 0.3) is 0 Å². The molecule has 0 saturated carbocycles. The molecule has 2 aromatic rings. The van der Waals surface area contributed by atoms with E-state index in [-0.39, 0.29) is 0 Å². The topological polar surface area (TPSA) is 33.7 Å². The average Bonchev–Trinajstić information content (AvgIpc) is 2.58. The third-order valence-electron chi connectivity index (χ3n) is 3.72. The van der Waals surface area contributed by atoms with Gasteiger partial charge in [-0.3, -0.25) is 0 Å². The van der Waals surface area contributed by atoms with Gasteiger partial charge in [-0.2, -0.15) is 0 Å². The summed E-state index contributed by atoms with van der Waals surface area (Å²) in [4.78, 5) is 2.14. The van der Waals surface area contributed by atoms with E-state index in [2.05, 4.69) is 24.3 Å². The Morgan fingerprint density at radius 1 is 1.08 bits per heavy atom. The van der Waals surface area contributed by atoms with Crippen LogP contribution in [0.2, 0.25) is 10.0 Å². The van der Waals surface area contributed by atoms with Crippen molar-refractivity contribution in [2.75, 3.05) is 34.3 Å². The highest BCUT2D eigenvalue weighted by Gasteiger charge is 2.12. The molecule has 0 spiro atoms. The highest BCUT2D eigenvalue weighted by molar-refractivity contribution is 6.35. The Labute approximate surface area is 159 Å².